The summed E-state index contributed by atoms with van der Waals surface area (Å²) in [5, 5.41) is 3.41. The van der Waals surface area contributed by atoms with Crippen LogP contribution in [-0.2, 0) is 4.79 Å². The Kier molecular flexibility index (Phi) is 3.41. The number of carbonyl (C=O) groups excluding carboxylic acids is 1. The highest BCUT2D eigenvalue weighted by molar-refractivity contribution is 5.92. The first-order valence-corrected chi connectivity index (χ1v) is 5.97. The van der Waals surface area contributed by atoms with Crippen molar-refractivity contribution in [1.29, 1.82) is 0 Å². The molecule has 3 nitrogen and oxygen atoms in total. The first-order valence-electron chi connectivity index (χ1n) is 5.97. The maximum absolute atomic E-state index is 11.0. The summed E-state index contributed by atoms with van der Waals surface area (Å²) < 4.78 is 0. The summed E-state index contributed by atoms with van der Waals surface area (Å²) in [6.07, 6.45) is 4.69. The molecule has 1 atom stereocenters. The van der Waals surface area contributed by atoms with Gasteiger partial charge < -0.3 is 10.2 Å². The Bertz CT molecular complexity index is 273. The molecule has 0 saturated carbocycles. The number of nitrogens with zero attached hydrogens (tertiary/aromatic N) is 1. The van der Waals surface area contributed by atoms with Crippen LogP contribution in [0.3, 0.4) is 0 Å². The summed E-state index contributed by atoms with van der Waals surface area (Å²) in [6.45, 7) is 6.87. The molecule has 0 aromatic carbocycles. The van der Waals surface area contributed by atoms with Crippen molar-refractivity contribution in [3.05, 3.63) is 11.8 Å². The monoisotopic (exact) mass is 208 g/mol. The molecule has 1 aliphatic heterocycles. The zero-order valence-corrected chi connectivity index (χ0v) is 9.46. The van der Waals surface area contributed by atoms with E-state index in [2.05, 4.69) is 17.1 Å². The molecule has 0 spiro atoms. The van der Waals surface area contributed by atoms with E-state index in [0.29, 0.717) is 6.42 Å². The number of carbonyl (C=O) groups is 1. The van der Waals surface area contributed by atoms with Crippen LogP contribution in [0.25, 0.3) is 0 Å². The molecular formula is C12H20N2O. The minimum Gasteiger partial charge on any atom is -0.388 e. The lowest BCUT2D eigenvalue weighted by Crippen LogP contribution is -2.25. The van der Waals surface area contributed by atoms with Gasteiger partial charge >= 0.3 is 0 Å². The van der Waals surface area contributed by atoms with Crippen LogP contribution in [0.2, 0.25) is 0 Å². The van der Waals surface area contributed by atoms with Crippen molar-refractivity contribution in [1.82, 2.24) is 10.2 Å². The fourth-order valence-electron chi connectivity index (χ4n) is 2.38. The third-order valence-corrected chi connectivity index (χ3v) is 3.41. The van der Waals surface area contributed by atoms with Crippen molar-refractivity contribution in [2.75, 3.05) is 26.2 Å². The number of nitrogens with one attached hydrogen (secondary N) is 1. The molecule has 0 amide bonds. The third kappa shape index (κ3) is 2.81. The lowest BCUT2D eigenvalue weighted by atomic mass is 10.1. The van der Waals surface area contributed by atoms with Gasteiger partial charge in [-0.1, -0.05) is 6.92 Å². The van der Waals surface area contributed by atoms with Gasteiger partial charge in [0.25, 0.3) is 0 Å². The molecule has 0 aromatic heterocycles. The SMILES string of the molecule is CCN1CCC(CNC2=CC(=O)CC2)C1. The van der Waals surface area contributed by atoms with Gasteiger partial charge in [-0.15, -0.1) is 0 Å². The van der Waals surface area contributed by atoms with E-state index in [-0.39, 0.29) is 5.78 Å². The van der Waals surface area contributed by atoms with Gasteiger partial charge in [0.1, 0.15) is 0 Å². The molecule has 0 aromatic rings. The van der Waals surface area contributed by atoms with Crippen LogP contribution >= 0.6 is 0 Å². The Labute approximate surface area is 91.5 Å². The average molecular weight is 208 g/mol. The highest BCUT2D eigenvalue weighted by atomic mass is 16.1. The second-order valence-corrected chi connectivity index (χ2v) is 4.56. The fraction of sp³-hybridized carbons (Fsp3) is 0.750. The van der Waals surface area contributed by atoms with Crippen molar-refractivity contribution in [3.8, 4) is 0 Å². The number of ketones is 1. The molecule has 0 radical (unpaired) electrons. The largest absolute Gasteiger partial charge is 0.388 e. The Morgan fingerprint density at radius 2 is 2.40 bits per heavy atom. The molecular weight excluding hydrogens is 188 g/mol. The summed E-state index contributed by atoms with van der Waals surface area (Å²) in [7, 11) is 0. The van der Waals surface area contributed by atoms with Crippen LogP contribution in [0.1, 0.15) is 26.2 Å². The number of rotatable bonds is 4. The van der Waals surface area contributed by atoms with E-state index >= 15 is 0 Å². The number of hydrogen-bond donors (Lipinski definition) is 1. The number of allylic oxidation sites excluding steroid dienone is 2. The van der Waals surface area contributed by atoms with Crippen LogP contribution in [0.15, 0.2) is 11.8 Å². The van der Waals surface area contributed by atoms with Crippen molar-refractivity contribution >= 4 is 5.78 Å². The minimum absolute atomic E-state index is 0.277. The van der Waals surface area contributed by atoms with Gasteiger partial charge in [-0.2, -0.15) is 0 Å². The van der Waals surface area contributed by atoms with Gasteiger partial charge in [0.15, 0.2) is 5.78 Å². The molecule has 15 heavy (non-hydrogen) atoms. The van der Waals surface area contributed by atoms with Gasteiger partial charge in [-0.25, -0.2) is 0 Å². The van der Waals surface area contributed by atoms with Gasteiger partial charge in [-0.3, -0.25) is 4.79 Å². The highest BCUT2D eigenvalue weighted by Gasteiger charge is 2.21. The summed E-state index contributed by atoms with van der Waals surface area (Å²) in [4.78, 5) is 13.5. The molecule has 1 unspecified atom stereocenters. The fourth-order valence-corrected chi connectivity index (χ4v) is 2.38. The summed E-state index contributed by atoms with van der Waals surface area (Å²) in [5.41, 5.74) is 1.15. The van der Waals surface area contributed by atoms with Gasteiger partial charge in [-0.05, 0) is 31.8 Å². The van der Waals surface area contributed by atoms with Crippen LogP contribution < -0.4 is 5.32 Å². The van der Waals surface area contributed by atoms with E-state index in [1.54, 1.807) is 6.08 Å². The first kappa shape index (κ1) is 10.7. The third-order valence-electron chi connectivity index (χ3n) is 3.41. The van der Waals surface area contributed by atoms with E-state index in [1.807, 2.05) is 0 Å². The molecule has 0 bridgehead atoms. The maximum Gasteiger partial charge on any atom is 0.157 e. The summed E-state index contributed by atoms with van der Waals surface area (Å²) >= 11 is 0. The first-order chi connectivity index (χ1) is 7.28. The topological polar surface area (TPSA) is 32.3 Å². The van der Waals surface area contributed by atoms with E-state index < -0.39 is 0 Å². The Balaban J connectivity index is 1.70. The lowest BCUT2D eigenvalue weighted by Gasteiger charge is -2.14. The highest BCUT2D eigenvalue weighted by Crippen LogP contribution is 2.17. The molecule has 1 fully saturated rings. The van der Waals surface area contributed by atoms with Crippen molar-refractivity contribution in [3.63, 3.8) is 0 Å². The maximum atomic E-state index is 11.0. The van der Waals surface area contributed by atoms with E-state index in [0.717, 1.165) is 31.1 Å². The zero-order chi connectivity index (χ0) is 10.7. The Hall–Kier alpha value is -0.830. The van der Waals surface area contributed by atoms with Crippen molar-refractivity contribution in [2.24, 2.45) is 5.92 Å². The molecule has 2 aliphatic rings. The van der Waals surface area contributed by atoms with Crippen LogP contribution in [0, 0.1) is 5.92 Å². The summed E-state index contributed by atoms with van der Waals surface area (Å²) in [5.74, 6) is 1.04. The van der Waals surface area contributed by atoms with Crippen LogP contribution in [-0.4, -0.2) is 36.9 Å². The average Bonchev–Trinajstić information content (AvgIpc) is 2.83. The second kappa shape index (κ2) is 4.79. The molecule has 3 heteroatoms. The Morgan fingerprint density at radius 1 is 1.53 bits per heavy atom. The van der Waals surface area contributed by atoms with Gasteiger partial charge in [0, 0.05) is 31.3 Å². The summed E-state index contributed by atoms with van der Waals surface area (Å²) in [6, 6.07) is 0. The second-order valence-electron chi connectivity index (χ2n) is 4.56. The minimum atomic E-state index is 0.277. The van der Waals surface area contributed by atoms with E-state index in [4.69, 9.17) is 0 Å². The predicted molar refractivity (Wildman–Crippen MR) is 60.5 cm³/mol. The lowest BCUT2D eigenvalue weighted by molar-refractivity contribution is -0.114. The van der Waals surface area contributed by atoms with Crippen LogP contribution in [0.4, 0.5) is 0 Å². The molecule has 1 saturated heterocycles. The molecule has 84 valence electrons. The normalized spacial score (nSPS) is 27.1. The van der Waals surface area contributed by atoms with Gasteiger partial charge in [0.2, 0.25) is 0 Å². The van der Waals surface area contributed by atoms with E-state index in [1.165, 1.54) is 19.5 Å². The van der Waals surface area contributed by atoms with Gasteiger partial charge in [0.05, 0.1) is 0 Å². The molecule has 1 aliphatic carbocycles. The van der Waals surface area contributed by atoms with Crippen LogP contribution in [0.5, 0.6) is 0 Å². The number of likely N-dealkylation sites (tertiary alicyclic amines) is 1. The molecule has 1 N–H and O–H groups in total. The number of hydrogen-bond acceptors (Lipinski definition) is 3. The predicted octanol–water partition coefficient (Wildman–Crippen LogP) is 1.16. The van der Waals surface area contributed by atoms with Crippen molar-refractivity contribution in [2.45, 2.75) is 26.2 Å². The zero-order valence-electron chi connectivity index (χ0n) is 9.46. The standard InChI is InChI=1S/C12H20N2O/c1-2-14-6-5-10(9-14)8-13-11-3-4-12(15)7-11/h7,10,13H,2-6,8-9H2,1H3. The quantitative estimate of drug-likeness (QED) is 0.752. The smallest absolute Gasteiger partial charge is 0.157 e. The van der Waals surface area contributed by atoms with E-state index in [9.17, 15) is 4.79 Å². The van der Waals surface area contributed by atoms with Crippen molar-refractivity contribution < 1.29 is 4.79 Å². The molecule has 2 rings (SSSR count). The Morgan fingerprint density at radius 3 is 3.00 bits per heavy atom. The molecule has 1 heterocycles.